The molecular weight excluding hydrogens is 316 g/mol. The summed E-state index contributed by atoms with van der Waals surface area (Å²) in [6.07, 6.45) is -1.23. The summed E-state index contributed by atoms with van der Waals surface area (Å²) in [6, 6.07) is 16.1. The zero-order chi connectivity index (χ0) is 18.8. The number of anilines is 1. The molecule has 0 aliphatic rings. The van der Waals surface area contributed by atoms with E-state index in [1.54, 1.807) is 14.0 Å². The molecule has 0 aliphatic carbocycles. The monoisotopic (exact) mass is 344 g/mol. The Morgan fingerprint density at radius 2 is 1.72 bits per heavy atom. The predicted octanol–water partition coefficient (Wildman–Crippen LogP) is 4.70. The van der Waals surface area contributed by atoms with E-state index in [1.807, 2.05) is 31.3 Å². The molecule has 2 aromatic carbocycles. The molecule has 0 spiro atoms. The number of hydrogen-bond donors (Lipinski definition) is 2. The van der Waals surface area contributed by atoms with E-state index in [4.69, 9.17) is 15.2 Å². The van der Waals surface area contributed by atoms with Gasteiger partial charge < -0.3 is 20.5 Å². The fraction of sp³-hybridized carbons (Fsp3) is 0.350. The topological polar surface area (TPSA) is 73.6 Å². The molecule has 0 fully saturated rings. The van der Waals surface area contributed by atoms with E-state index in [9.17, 15) is 4.79 Å². The second-order valence-electron chi connectivity index (χ2n) is 5.85. The summed E-state index contributed by atoms with van der Waals surface area (Å²) in [5, 5.41) is 3.00. The lowest BCUT2D eigenvalue weighted by atomic mass is 10.0. The number of hydrogen-bond acceptors (Lipinski definition) is 4. The molecule has 5 nitrogen and oxygen atoms in total. The van der Waals surface area contributed by atoms with Gasteiger partial charge >= 0.3 is 6.09 Å². The van der Waals surface area contributed by atoms with Gasteiger partial charge in [0.25, 0.3) is 0 Å². The SMILES string of the molecule is CC(C)c1ccccc1.CNc1ccc(C(C)OC(N)=O)c(OC)c1. The molecule has 25 heavy (non-hydrogen) atoms. The molecule has 0 saturated carbocycles. The van der Waals surface area contributed by atoms with E-state index in [0.29, 0.717) is 11.7 Å². The summed E-state index contributed by atoms with van der Waals surface area (Å²) in [6.45, 7) is 6.15. The zero-order valence-electron chi connectivity index (χ0n) is 15.6. The van der Waals surface area contributed by atoms with Crippen molar-refractivity contribution in [3.05, 3.63) is 59.7 Å². The Bertz CT molecular complexity index is 657. The zero-order valence-corrected chi connectivity index (χ0v) is 15.6. The highest BCUT2D eigenvalue weighted by molar-refractivity contribution is 5.65. The number of methoxy groups -OCH3 is 1. The van der Waals surface area contributed by atoms with Gasteiger partial charge in [-0.25, -0.2) is 4.79 Å². The van der Waals surface area contributed by atoms with Crippen molar-refractivity contribution in [3.63, 3.8) is 0 Å². The molecule has 5 heteroatoms. The largest absolute Gasteiger partial charge is 0.496 e. The molecule has 0 heterocycles. The first kappa shape index (κ1) is 20.4. The standard InChI is InChI=1S/C11H16N2O3.C9H12/c1-7(16-11(12)14)9-5-4-8(13-2)6-10(9)15-3;1-8(2)9-6-4-3-5-7-9/h4-7,13H,1-3H3,(H2,12,14);3-8H,1-2H3. The summed E-state index contributed by atoms with van der Waals surface area (Å²) < 4.78 is 10.1. The third-order valence-corrected chi connectivity index (χ3v) is 3.72. The average Bonchev–Trinajstić information content (AvgIpc) is 2.61. The van der Waals surface area contributed by atoms with Crippen LogP contribution in [0.15, 0.2) is 48.5 Å². The van der Waals surface area contributed by atoms with Crippen LogP contribution in [0.1, 0.15) is 43.9 Å². The van der Waals surface area contributed by atoms with Crippen LogP contribution in [0, 0.1) is 0 Å². The van der Waals surface area contributed by atoms with Crippen LogP contribution in [-0.2, 0) is 4.74 Å². The summed E-state index contributed by atoms with van der Waals surface area (Å²) in [4.78, 5) is 10.7. The molecule has 1 amide bonds. The lowest BCUT2D eigenvalue weighted by Crippen LogP contribution is -2.16. The third kappa shape index (κ3) is 6.75. The van der Waals surface area contributed by atoms with Gasteiger partial charge in [0, 0.05) is 24.4 Å². The highest BCUT2D eigenvalue weighted by atomic mass is 16.6. The molecule has 0 bridgehead atoms. The number of carbonyl (C=O) groups is 1. The Morgan fingerprint density at radius 1 is 1.08 bits per heavy atom. The fourth-order valence-corrected chi connectivity index (χ4v) is 2.28. The van der Waals surface area contributed by atoms with Crippen LogP contribution in [0.25, 0.3) is 0 Å². The number of primary amides is 1. The quantitative estimate of drug-likeness (QED) is 0.824. The van der Waals surface area contributed by atoms with E-state index in [1.165, 1.54) is 5.56 Å². The molecule has 1 unspecified atom stereocenters. The molecule has 136 valence electrons. The van der Waals surface area contributed by atoms with Crippen molar-refractivity contribution >= 4 is 11.8 Å². The van der Waals surface area contributed by atoms with E-state index >= 15 is 0 Å². The predicted molar refractivity (Wildman–Crippen MR) is 102 cm³/mol. The Morgan fingerprint density at radius 3 is 2.16 bits per heavy atom. The number of nitrogens with one attached hydrogen (secondary N) is 1. The number of nitrogens with two attached hydrogens (primary N) is 1. The first-order valence-electron chi connectivity index (χ1n) is 8.25. The van der Waals surface area contributed by atoms with Crippen LogP contribution in [0.4, 0.5) is 10.5 Å². The lowest BCUT2D eigenvalue weighted by molar-refractivity contribution is 0.115. The van der Waals surface area contributed by atoms with Gasteiger partial charge in [0.15, 0.2) is 0 Å². The van der Waals surface area contributed by atoms with Gasteiger partial charge in [0.05, 0.1) is 7.11 Å². The number of rotatable bonds is 5. The number of carbonyl (C=O) groups excluding carboxylic acids is 1. The van der Waals surface area contributed by atoms with Gasteiger partial charge in [-0.1, -0.05) is 44.2 Å². The van der Waals surface area contributed by atoms with Crippen LogP contribution < -0.4 is 15.8 Å². The Hall–Kier alpha value is -2.69. The first-order chi connectivity index (χ1) is 11.9. The first-order valence-corrected chi connectivity index (χ1v) is 8.25. The number of ether oxygens (including phenoxy) is 2. The maximum atomic E-state index is 10.7. The Labute approximate surface area is 150 Å². The number of benzene rings is 2. The molecule has 2 rings (SSSR count). The molecule has 0 aliphatic heterocycles. The summed E-state index contributed by atoms with van der Waals surface area (Å²) >= 11 is 0. The van der Waals surface area contributed by atoms with E-state index < -0.39 is 12.2 Å². The smallest absolute Gasteiger partial charge is 0.405 e. The van der Waals surface area contributed by atoms with E-state index in [0.717, 1.165) is 11.3 Å². The van der Waals surface area contributed by atoms with Crippen LogP contribution >= 0.6 is 0 Å². The summed E-state index contributed by atoms with van der Waals surface area (Å²) in [7, 11) is 3.38. The normalized spacial score (nSPS) is 11.1. The van der Waals surface area contributed by atoms with E-state index in [-0.39, 0.29) is 0 Å². The molecule has 2 aromatic rings. The van der Waals surface area contributed by atoms with Gasteiger partial charge in [0.1, 0.15) is 11.9 Å². The molecule has 0 aromatic heterocycles. The third-order valence-electron chi connectivity index (χ3n) is 3.72. The molecule has 1 atom stereocenters. The van der Waals surface area contributed by atoms with Crippen molar-refractivity contribution in [2.24, 2.45) is 5.73 Å². The molecular formula is C20H28N2O3. The molecule has 0 saturated heterocycles. The van der Waals surface area contributed by atoms with Gasteiger partial charge in [-0.2, -0.15) is 0 Å². The Balaban J connectivity index is 0.000000293. The Kier molecular flexibility index (Phi) is 8.33. The van der Waals surface area contributed by atoms with Gasteiger partial charge in [0.2, 0.25) is 0 Å². The van der Waals surface area contributed by atoms with Gasteiger partial charge in [-0.15, -0.1) is 0 Å². The van der Waals surface area contributed by atoms with Crippen molar-refractivity contribution in [1.29, 1.82) is 0 Å². The molecule has 3 N–H and O–H groups in total. The van der Waals surface area contributed by atoms with Crippen molar-refractivity contribution in [3.8, 4) is 5.75 Å². The van der Waals surface area contributed by atoms with Crippen molar-refractivity contribution in [1.82, 2.24) is 0 Å². The second kappa shape index (κ2) is 10.2. The minimum atomic E-state index is -0.799. The minimum Gasteiger partial charge on any atom is -0.496 e. The maximum Gasteiger partial charge on any atom is 0.405 e. The van der Waals surface area contributed by atoms with Crippen molar-refractivity contribution < 1.29 is 14.3 Å². The highest BCUT2D eigenvalue weighted by Crippen LogP contribution is 2.29. The van der Waals surface area contributed by atoms with Crippen LogP contribution in [0.2, 0.25) is 0 Å². The van der Waals surface area contributed by atoms with E-state index in [2.05, 4.69) is 43.4 Å². The lowest BCUT2D eigenvalue weighted by Gasteiger charge is -2.16. The summed E-state index contributed by atoms with van der Waals surface area (Å²) in [5.41, 5.74) is 8.08. The van der Waals surface area contributed by atoms with Crippen molar-refractivity contribution in [2.45, 2.75) is 32.8 Å². The van der Waals surface area contributed by atoms with Crippen LogP contribution in [0.3, 0.4) is 0 Å². The maximum absolute atomic E-state index is 10.7. The van der Waals surface area contributed by atoms with Gasteiger partial charge in [-0.3, -0.25) is 0 Å². The minimum absolute atomic E-state index is 0.432. The van der Waals surface area contributed by atoms with Gasteiger partial charge in [-0.05, 0) is 30.5 Å². The average molecular weight is 344 g/mol. The summed E-state index contributed by atoms with van der Waals surface area (Å²) in [5.74, 6) is 1.31. The fourth-order valence-electron chi connectivity index (χ4n) is 2.28. The second-order valence-corrected chi connectivity index (χ2v) is 5.85. The number of amides is 1. The van der Waals surface area contributed by atoms with Crippen LogP contribution in [0.5, 0.6) is 5.75 Å². The molecule has 0 radical (unpaired) electrons. The van der Waals surface area contributed by atoms with Crippen LogP contribution in [-0.4, -0.2) is 20.3 Å². The highest BCUT2D eigenvalue weighted by Gasteiger charge is 2.14. The van der Waals surface area contributed by atoms with Crippen molar-refractivity contribution in [2.75, 3.05) is 19.5 Å².